The molecule has 0 radical (unpaired) electrons. The minimum absolute atomic E-state index is 0.0537. The molecular formula is C14H17NO4. The summed E-state index contributed by atoms with van der Waals surface area (Å²) in [6, 6.07) is 8.26. The maximum absolute atomic E-state index is 12.1. The standard InChI is InChI=1S/C14H17NO4/c1-10(14(17)18)15(11-7-8-11)13(16)9-19-12-5-3-2-4-6-12/h2-6,10-11H,7-9H2,1H3,(H,17,18). The Morgan fingerprint density at radius 2 is 2.00 bits per heavy atom. The van der Waals surface area contributed by atoms with Gasteiger partial charge in [0, 0.05) is 6.04 Å². The molecule has 1 N–H and O–H groups in total. The average molecular weight is 263 g/mol. The summed E-state index contributed by atoms with van der Waals surface area (Å²) >= 11 is 0. The molecule has 0 aromatic heterocycles. The van der Waals surface area contributed by atoms with Gasteiger partial charge in [-0.2, -0.15) is 0 Å². The lowest BCUT2D eigenvalue weighted by atomic mass is 10.2. The Labute approximate surface area is 111 Å². The number of rotatable bonds is 6. The van der Waals surface area contributed by atoms with Gasteiger partial charge in [-0.25, -0.2) is 4.79 Å². The van der Waals surface area contributed by atoms with Crippen LogP contribution in [0.1, 0.15) is 19.8 Å². The molecule has 1 aliphatic carbocycles. The van der Waals surface area contributed by atoms with Crippen LogP contribution in [-0.4, -0.2) is 40.6 Å². The second-order valence-electron chi connectivity index (χ2n) is 4.65. The summed E-state index contributed by atoms with van der Waals surface area (Å²) in [7, 11) is 0. The van der Waals surface area contributed by atoms with E-state index in [1.54, 1.807) is 12.1 Å². The number of para-hydroxylation sites is 1. The maximum Gasteiger partial charge on any atom is 0.326 e. The van der Waals surface area contributed by atoms with Crippen molar-refractivity contribution in [2.24, 2.45) is 0 Å². The fourth-order valence-electron chi connectivity index (χ4n) is 1.94. The molecule has 0 bridgehead atoms. The normalized spacial score (nSPS) is 15.6. The Balaban J connectivity index is 1.95. The van der Waals surface area contributed by atoms with Gasteiger partial charge in [0.05, 0.1) is 0 Å². The molecule has 102 valence electrons. The number of benzene rings is 1. The highest BCUT2D eigenvalue weighted by atomic mass is 16.5. The van der Waals surface area contributed by atoms with Gasteiger partial charge in [0.2, 0.25) is 0 Å². The van der Waals surface area contributed by atoms with Gasteiger partial charge in [0.15, 0.2) is 6.61 Å². The van der Waals surface area contributed by atoms with Crippen LogP contribution in [-0.2, 0) is 9.59 Å². The molecule has 0 aliphatic heterocycles. The van der Waals surface area contributed by atoms with E-state index in [9.17, 15) is 9.59 Å². The highest BCUT2D eigenvalue weighted by Crippen LogP contribution is 2.29. The number of ether oxygens (including phenoxy) is 1. The van der Waals surface area contributed by atoms with E-state index in [2.05, 4.69) is 0 Å². The third-order valence-corrected chi connectivity index (χ3v) is 3.11. The first-order valence-corrected chi connectivity index (χ1v) is 6.31. The van der Waals surface area contributed by atoms with Crippen molar-refractivity contribution < 1.29 is 19.4 Å². The fraction of sp³-hybridized carbons (Fsp3) is 0.429. The lowest BCUT2D eigenvalue weighted by Crippen LogP contribution is -2.46. The van der Waals surface area contributed by atoms with Crippen molar-refractivity contribution in [1.29, 1.82) is 0 Å². The molecule has 1 aliphatic rings. The monoisotopic (exact) mass is 263 g/mol. The minimum atomic E-state index is -0.986. The molecule has 1 fully saturated rings. The molecule has 1 amide bonds. The molecular weight excluding hydrogens is 246 g/mol. The van der Waals surface area contributed by atoms with E-state index in [1.807, 2.05) is 18.2 Å². The Bertz CT molecular complexity index is 456. The fourth-order valence-corrected chi connectivity index (χ4v) is 1.94. The number of carbonyl (C=O) groups is 2. The number of hydrogen-bond donors (Lipinski definition) is 1. The third kappa shape index (κ3) is 3.47. The van der Waals surface area contributed by atoms with Crippen molar-refractivity contribution in [2.45, 2.75) is 31.8 Å². The van der Waals surface area contributed by atoms with E-state index in [0.29, 0.717) is 5.75 Å². The zero-order valence-corrected chi connectivity index (χ0v) is 10.8. The van der Waals surface area contributed by atoms with Gasteiger partial charge >= 0.3 is 5.97 Å². The second kappa shape index (κ2) is 5.73. The molecule has 1 unspecified atom stereocenters. The largest absolute Gasteiger partial charge is 0.484 e. The smallest absolute Gasteiger partial charge is 0.326 e. The summed E-state index contributed by atoms with van der Waals surface area (Å²) in [5.41, 5.74) is 0. The Morgan fingerprint density at radius 1 is 1.37 bits per heavy atom. The van der Waals surface area contributed by atoms with Gasteiger partial charge in [-0.05, 0) is 31.9 Å². The Morgan fingerprint density at radius 3 is 2.53 bits per heavy atom. The van der Waals surface area contributed by atoms with Crippen LogP contribution in [0.2, 0.25) is 0 Å². The first kappa shape index (κ1) is 13.4. The van der Waals surface area contributed by atoms with Crippen LogP contribution in [0, 0.1) is 0 Å². The Kier molecular flexibility index (Phi) is 4.04. The van der Waals surface area contributed by atoms with Gasteiger partial charge in [-0.15, -0.1) is 0 Å². The predicted octanol–water partition coefficient (Wildman–Crippen LogP) is 1.53. The van der Waals surface area contributed by atoms with Crippen LogP contribution in [0.25, 0.3) is 0 Å². The zero-order valence-electron chi connectivity index (χ0n) is 10.8. The first-order valence-electron chi connectivity index (χ1n) is 6.31. The molecule has 0 heterocycles. The number of carboxylic acids is 1. The minimum Gasteiger partial charge on any atom is -0.484 e. The summed E-state index contributed by atoms with van der Waals surface area (Å²) < 4.78 is 5.37. The van der Waals surface area contributed by atoms with E-state index < -0.39 is 12.0 Å². The van der Waals surface area contributed by atoms with Crippen LogP contribution in [0.5, 0.6) is 5.75 Å². The van der Waals surface area contributed by atoms with Gasteiger partial charge in [0.1, 0.15) is 11.8 Å². The lowest BCUT2D eigenvalue weighted by Gasteiger charge is -2.26. The van der Waals surface area contributed by atoms with Crippen LogP contribution in [0.15, 0.2) is 30.3 Å². The molecule has 1 aromatic rings. The van der Waals surface area contributed by atoms with E-state index >= 15 is 0 Å². The first-order chi connectivity index (χ1) is 9.09. The van der Waals surface area contributed by atoms with Crippen LogP contribution < -0.4 is 4.74 Å². The Hall–Kier alpha value is -2.04. The maximum atomic E-state index is 12.1. The van der Waals surface area contributed by atoms with Gasteiger partial charge < -0.3 is 14.7 Å². The van der Waals surface area contributed by atoms with Crippen LogP contribution in [0.3, 0.4) is 0 Å². The molecule has 5 heteroatoms. The second-order valence-corrected chi connectivity index (χ2v) is 4.65. The quantitative estimate of drug-likeness (QED) is 0.845. The van der Waals surface area contributed by atoms with Crippen molar-refractivity contribution in [3.05, 3.63) is 30.3 Å². The van der Waals surface area contributed by atoms with E-state index in [4.69, 9.17) is 9.84 Å². The van der Waals surface area contributed by atoms with Crippen molar-refractivity contribution in [1.82, 2.24) is 4.90 Å². The number of carbonyl (C=O) groups excluding carboxylic acids is 1. The molecule has 5 nitrogen and oxygen atoms in total. The summed E-state index contributed by atoms with van der Waals surface area (Å²) in [5.74, 6) is -0.657. The molecule has 1 atom stereocenters. The third-order valence-electron chi connectivity index (χ3n) is 3.11. The number of hydrogen-bond acceptors (Lipinski definition) is 3. The van der Waals surface area contributed by atoms with Crippen molar-refractivity contribution >= 4 is 11.9 Å². The lowest BCUT2D eigenvalue weighted by molar-refractivity contribution is -0.150. The van der Waals surface area contributed by atoms with Crippen molar-refractivity contribution in [3.63, 3.8) is 0 Å². The number of nitrogens with zero attached hydrogens (tertiary/aromatic N) is 1. The topological polar surface area (TPSA) is 66.8 Å². The summed E-state index contributed by atoms with van der Waals surface area (Å²) in [6.45, 7) is 1.40. The molecule has 1 saturated carbocycles. The molecule has 19 heavy (non-hydrogen) atoms. The SMILES string of the molecule is CC(C(=O)O)N(C(=O)COc1ccccc1)C1CC1. The molecule has 0 saturated heterocycles. The van der Waals surface area contributed by atoms with Gasteiger partial charge in [-0.3, -0.25) is 4.79 Å². The van der Waals surface area contributed by atoms with Crippen LogP contribution in [0.4, 0.5) is 0 Å². The highest BCUT2D eigenvalue weighted by molar-refractivity contribution is 5.84. The summed E-state index contributed by atoms with van der Waals surface area (Å²) in [6.07, 6.45) is 1.74. The number of amides is 1. The van der Waals surface area contributed by atoms with Crippen LogP contribution >= 0.6 is 0 Å². The summed E-state index contributed by atoms with van der Waals surface area (Å²) in [5, 5.41) is 9.03. The molecule has 2 rings (SSSR count). The molecule has 1 aromatic carbocycles. The molecule has 0 spiro atoms. The van der Waals surface area contributed by atoms with E-state index in [0.717, 1.165) is 12.8 Å². The number of carboxylic acid groups (broad SMARTS) is 1. The van der Waals surface area contributed by atoms with Crippen molar-refractivity contribution in [3.8, 4) is 5.75 Å². The predicted molar refractivity (Wildman–Crippen MR) is 68.9 cm³/mol. The van der Waals surface area contributed by atoms with Gasteiger partial charge in [0.25, 0.3) is 5.91 Å². The highest BCUT2D eigenvalue weighted by Gasteiger charge is 2.38. The number of aliphatic carboxylic acids is 1. The average Bonchev–Trinajstić information content (AvgIpc) is 3.22. The van der Waals surface area contributed by atoms with Crippen molar-refractivity contribution in [2.75, 3.05) is 6.61 Å². The van der Waals surface area contributed by atoms with E-state index in [1.165, 1.54) is 11.8 Å². The van der Waals surface area contributed by atoms with Gasteiger partial charge in [-0.1, -0.05) is 18.2 Å². The summed E-state index contributed by atoms with van der Waals surface area (Å²) in [4.78, 5) is 24.5. The zero-order chi connectivity index (χ0) is 13.8. The van der Waals surface area contributed by atoms with E-state index in [-0.39, 0.29) is 18.6 Å².